The predicted octanol–water partition coefficient (Wildman–Crippen LogP) is 2.39. The van der Waals surface area contributed by atoms with E-state index >= 15 is 0 Å². The number of rotatable bonds is 7. The summed E-state index contributed by atoms with van der Waals surface area (Å²) < 4.78 is 53.4. The Hall–Kier alpha value is -0.730. The molecular formula is C10H15ClF2N2O3S. The standard InChI is InChI=1S/C10H15ClF2N2O3S/c1-3-7(2)18-6-8-9(19(11,16)17)4-15(14-8)5-10(12)13/h4,7,10H,3,5-6H2,1-2H3/t7-/m1/s1. The first-order chi connectivity index (χ1) is 8.74. The van der Waals surface area contributed by atoms with Gasteiger partial charge in [-0.15, -0.1) is 0 Å². The third-order valence-corrected chi connectivity index (χ3v) is 3.83. The Morgan fingerprint density at radius 1 is 1.53 bits per heavy atom. The summed E-state index contributed by atoms with van der Waals surface area (Å²) in [5.74, 6) is 0. The Balaban J connectivity index is 2.96. The highest BCUT2D eigenvalue weighted by Gasteiger charge is 2.22. The molecule has 1 rings (SSSR count). The van der Waals surface area contributed by atoms with Crippen molar-refractivity contribution < 1.29 is 21.9 Å². The summed E-state index contributed by atoms with van der Waals surface area (Å²) >= 11 is 0. The van der Waals surface area contributed by atoms with Crippen LogP contribution >= 0.6 is 10.7 Å². The van der Waals surface area contributed by atoms with Crippen molar-refractivity contribution in [3.8, 4) is 0 Å². The predicted molar refractivity (Wildman–Crippen MR) is 65.8 cm³/mol. The smallest absolute Gasteiger partial charge is 0.264 e. The normalized spacial score (nSPS) is 14.0. The summed E-state index contributed by atoms with van der Waals surface area (Å²) in [5.41, 5.74) is 0.0379. The molecule has 0 aliphatic heterocycles. The lowest BCUT2D eigenvalue weighted by molar-refractivity contribution is 0.0470. The van der Waals surface area contributed by atoms with Crippen LogP contribution in [0.4, 0.5) is 8.78 Å². The van der Waals surface area contributed by atoms with Gasteiger partial charge >= 0.3 is 0 Å². The average Bonchev–Trinajstić information content (AvgIpc) is 2.67. The lowest BCUT2D eigenvalue weighted by atomic mass is 10.3. The van der Waals surface area contributed by atoms with Gasteiger partial charge in [-0.1, -0.05) is 6.92 Å². The van der Waals surface area contributed by atoms with Crippen molar-refractivity contribution in [2.24, 2.45) is 0 Å². The van der Waals surface area contributed by atoms with Crippen LogP contribution in [-0.2, 0) is 26.9 Å². The lowest BCUT2D eigenvalue weighted by Crippen LogP contribution is -2.09. The minimum absolute atomic E-state index is 0.0379. The molecule has 0 N–H and O–H groups in total. The van der Waals surface area contributed by atoms with Crippen molar-refractivity contribution in [3.05, 3.63) is 11.9 Å². The highest BCUT2D eigenvalue weighted by molar-refractivity contribution is 8.13. The number of hydrogen-bond acceptors (Lipinski definition) is 4. The van der Waals surface area contributed by atoms with E-state index in [1.807, 2.05) is 13.8 Å². The van der Waals surface area contributed by atoms with Crippen molar-refractivity contribution in [3.63, 3.8) is 0 Å². The molecule has 0 amide bonds. The van der Waals surface area contributed by atoms with Crippen LogP contribution in [0.1, 0.15) is 26.0 Å². The molecule has 0 saturated heterocycles. The van der Waals surface area contributed by atoms with Gasteiger partial charge in [-0.3, -0.25) is 4.68 Å². The van der Waals surface area contributed by atoms with Crippen LogP contribution in [-0.4, -0.2) is 30.7 Å². The van der Waals surface area contributed by atoms with E-state index in [0.717, 1.165) is 17.3 Å². The van der Waals surface area contributed by atoms with Gasteiger partial charge < -0.3 is 4.74 Å². The molecule has 1 heterocycles. The van der Waals surface area contributed by atoms with E-state index in [-0.39, 0.29) is 23.3 Å². The van der Waals surface area contributed by atoms with Gasteiger partial charge in [0.1, 0.15) is 17.1 Å². The molecule has 0 aromatic carbocycles. The Bertz CT molecular complexity index is 519. The van der Waals surface area contributed by atoms with Crippen LogP contribution in [0.15, 0.2) is 11.1 Å². The molecular weight excluding hydrogens is 302 g/mol. The lowest BCUT2D eigenvalue weighted by Gasteiger charge is -2.09. The van der Waals surface area contributed by atoms with E-state index in [4.69, 9.17) is 15.4 Å². The second-order valence-corrected chi connectivity index (χ2v) is 6.56. The summed E-state index contributed by atoms with van der Waals surface area (Å²) in [6.07, 6.45) is -0.995. The van der Waals surface area contributed by atoms with Gasteiger partial charge in [0.15, 0.2) is 0 Å². The molecule has 0 aliphatic rings. The van der Waals surface area contributed by atoms with Gasteiger partial charge in [0.25, 0.3) is 15.5 Å². The molecule has 0 spiro atoms. The van der Waals surface area contributed by atoms with Gasteiger partial charge in [-0.2, -0.15) is 5.10 Å². The van der Waals surface area contributed by atoms with Crippen LogP contribution in [0.3, 0.4) is 0 Å². The van der Waals surface area contributed by atoms with Gasteiger partial charge in [-0.05, 0) is 13.3 Å². The first-order valence-corrected chi connectivity index (χ1v) is 7.95. The Labute approximate surface area is 114 Å². The highest BCUT2D eigenvalue weighted by Crippen LogP contribution is 2.21. The van der Waals surface area contributed by atoms with E-state index in [9.17, 15) is 17.2 Å². The summed E-state index contributed by atoms with van der Waals surface area (Å²) in [4.78, 5) is -0.293. The van der Waals surface area contributed by atoms with Gasteiger partial charge in [0, 0.05) is 16.9 Å². The quantitative estimate of drug-likeness (QED) is 0.725. The molecule has 0 aliphatic carbocycles. The summed E-state index contributed by atoms with van der Waals surface area (Å²) in [6.45, 7) is 2.93. The van der Waals surface area contributed by atoms with Crippen molar-refractivity contribution in [1.82, 2.24) is 9.78 Å². The summed E-state index contributed by atoms with van der Waals surface area (Å²) in [6, 6.07) is 0. The van der Waals surface area contributed by atoms with Crippen molar-refractivity contribution in [2.75, 3.05) is 0 Å². The fourth-order valence-corrected chi connectivity index (χ4v) is 2.34. The molecule has 19 heavy (non-hydrogen) atoms. The molecule has 9 heteroatoms. The largest absolute Gasteiger partial charge is 0.372 e. The molecule has 110 valence electrons. The third kappa shape index (κ3) is 5.04. The summed E-state index contributed by atoms with van der Waals surface area (Å²) in [5, 5.41) is 3.77. The van der Waals surface area contributed by atoms with Gasteiger partial charge in [0.05, 0.1) is 12.7 Å². The number of ether oxygens (including phenoxy) is 1. The topological polar surface area (TPSA) is 61.2 Å². The number of halogens is 3. The number of nitrogens with zero attached hydrogens (tertiary/aromatic N) is 2. The molecule has 1 aromatic heterocycles. The molecule has 0 radical (unpaired) electrons. The van der Waals surface area contributed by atoms with E-state index < -0.39 is 22.0 Å². The van der Waals surface area contributed by atoms with Crippen LogP contribution in [0.2, 0.25) is 0 Å². The summed E-state index contributed by atoms with van der Waals surface area (Å²) in [7, 11) is 1.20. The van der Waals surface area contributed by atoms with E-state index in [1.165, 1.54) is 0 Å². The van der Waals surface area contributed by atoms with E-state index in [0.29, 0.717) is 0 Å². The fourth-order valence-electron chi connectivity index (χ4n) is 1.32. The van der Waals surface area contributed by atoms with Crippen LogP contribution in [0.25, 0.3) is 0 Å². The Morgan fingerprint density at radius 3 is 2.63 bits per heavy atom. The van der Waals surface area contributed by atoms with Crippen molar-refractivity contribution >= 4 is 19.7 Å². The molecule has 0 fully saturated rings. The van der Waals surface area contributed by atoms with Crippen molar-refractivity contribution in [2.45, 2.75) is 50.8 Å². The number of hydrogen-bond donors (Lipinski definition) is 0. The molecule has 1 atom stereocenters. The molecule has 0 bridgehead atoms. The van der Waals surface area contributed by atoms with E-state index in [1.54, 1.807) is 0 Å². The maximum Gasteiger partial charge on any atom is 0.264 e. The zero-order valence-electron chi connectivity index (χ0n) is 10.5. The van der Waals surface area contributed by atoms with Crippen LogP contribution < -0.4 is 0 Å². The maximum atomic E-state index is 12.3. The van der Waals surface area contributed by atoms with Gasteiger partial charge in [-0.25, -0.2) is 17.2 Å². The van der Waals surface area contributed by atoms with E-state index in [2.05, 4.69) is 5.10 Å². The molecule has 1 aromatic rings. The molecule has 0 saturated carbocycles. The molecule has 5 nitrogen and oxygen atoms in total. The zero-order valence-corrected chi connectivity index (χ0v) is 12.1. The van der Waals surface area contributed by atoms with Crippen LogP contribution in [0.5, 0.6) is 0 Å². The first-order valence-electron chi connectivity index (χ1n) is 5.64. The minimum atomic E-state index is -4.04. The maximum absolute atomic E-state index is 12.3. The Kier molecular flexibility index (Phi) is 5.69. The number of alkyl halides is 2. The second kappa shape index (κ2) is 6.62. The SMILES string of the molecule is CC[C@@H](C)OCc1nn(CC(F)F)cc1S(=O)(=O)Cl. The first kappa shape index (κ1) is 16.3. The number of aromatic nitrogens is 2. The fraction of sp³-hybridized carbons (Fsp3) is 0.700. The van der Waals surface area contributed by atoms with Crippen molar-refractivity contribution in [1.29, 1.82) is 0 Å². The van der Waals surface area contributed by atoms with Crippen LogP contribution in [0, 0.1) is 0 Å². The Morgan fingerprint density at radius 2 is 2.16 bits per heavy atom. The monoisotopic (exact) mass is 316 g/mol. The third-order valence-electron chi connectivity index (χ3n) is 2.47. The second-order valence-electron chi connectivity index (χ2n) is 4.02. The van der Waals surface area contributed by atoms with Gasteiger partial charge in [0.2, 0.25) is 0 Å². The highest BCUT2D eigenvalue weighted by atomic mass is 35.7. The zero-order chi connectivity index (χ0) is 14.6. The molecule has 0 unspecified atom stereocenters. The average molecular weight is 317 g/mol. The minimum Gasteiger partial charge on any atom is -0.372 e.